The number of aromatic nitrogens is 2. The minimum atomic E-state index is -2.88. The fourth-order valence-corrected chi connectivity index (χ4v) is 3.08. The van der Waals surface area contributed by atoms with Crippen molar-refractivity contribution >= 4 is 23.9 Å². The second-order valence-corrected chi connectivity index (χ2v) is 7.31. The number of nitrogens with two attached hydrogens (primary N) is 1. The number of carbonyl (C=O) groups excluding carboxylic acids is 1. The highest BCUT2D eigenvalue weighted by Crippen LogP contribution is 2.18. The Hall–Kier alpha value is -3.80. The lowest BCUT2D eigenvalue weighted by atomic mass is 10.2. The van der Waals surface area contributed by atoms with Crippen LogP contribution < -0.4 is 21.1 Å². The number of aliphatic imine (C=N–C) groups is 1. The second kappa shape index (κ2) is 12.4. The molecule has 2 heterocycles. The van der Waals surface area contributed by atoms with Gasteiger partial charge >= 0.3 is 6.61 Å². The number of alkyl halides is 2. The Morgan fingerprint density at radius 3 is 2.91 bits per heavy atom. The Morgan fingerprint density at radius 1 is 1.38 bits per heavy atom. The minimum Gasteiger partial charge on any atom is -0.435 e. The van der Waals surface area contributed by atoms with Gasteiger partial charge in [-0.15, -0.1) is 0 Å². The molecule has 0 atom stereocenters. The molecule has 3 rings (SSSR count). The van der Waals surface area contributed by atoms with Crippen LogP contribution in [0.5, 0.6) is 5.75 Å². The zero-order chi connectivity index (χ0) is 24.3. The van der Waals surface area contributed by atoms with Crippen molar-refractivity contribution < 1.29 is 23.0 Å². The number of nitrogens with one attached hydrogen (secondary N) is 2. The van der Waals surface area contributed by atoms with Crippen molar-refractivity contribution in [1.29, 1.82) is 0 Å². The highest BCUT2D eigenvalue weighted by atomic mass is 19.3. The minimum absolute atomic E-state index is 0.00504. The molecule has 0 unspecified atom stereocenters. The van der Waals surface area contributed by atoms with Gasteiger partial charge in [-0.1, -0.05) is 12.1 Å². The molecular weight excluding hydrogens is 448 g/mol. The van der Waals surface area contributed by atoms with Crippen molar-refractivity contribution in [3.8, 4) is 5.75 Å². The van der Waals surface area contributed by atoms with E-state index in [4.69, 9.17) is 10.5 Å². The molecule has 0 bridgehead atoms. The van der Waals surface area contributed by atoms with E-state index < -0.39 is 6.61 Å². The van der Waals surface area contributed by atoms with Gasteiger partial charge < -0.3 is 30.7 Å². The van der Waals surface area contributed by atoms with E-state index in [0.29, 0.717) is 44.4 Å². The van der Waals surface area contributed by atoms with Crippen LogP contribution in [0, 0.1) is 6.92 Å². The summed E-state index contributed by atoms with van der Waals surface area (Å²) in [5, 5.41) is 6.11. The Balaban J connectivity index is 1.57. The number of ether oxygens (including phenoxy) is 2. The maximum atomic E-state index is 12.4. The molecule has 0 radical (unpaired) electrons. The molecule has 12 heteroatoms. The summed E-state index contributed by atoms with van der Waals surface area (Å²) in [6, 6.07) is 6.41. The molecule has 34 heavy (non-hydrogen) atoms. The van der Waals surface area contributed by atoms with Crippen molar-refractivity contribution in [2.45, 2.75) is 20.1 Å². The first kappa shape index (κ1) is 24.8. The first-order valence-electron chi connectivity index (χ1n) is 10.6. The van der Waals surface area contributed by atoms with Gasteiger partial charge in [-0.2, -0.15) is 13.8 Å². The van der Waals surface area contributed by atoms with Gasteiger partial charge in [0.15, 0.2) is 0 Å². The summed E-state index contributed by atoms with van der Waals surface area (Å²) in [7, 11) is 0. The molecule has 10 nitrogen and oxygen atoms in total. The third-order valence-electron chi connectivity index (χ3n) is 4.81. The molecule has 182 valence electrons. The number of aryl methyl sites for hydroxylation is 1. The number of benzene rings is 1. The lowest BCUT2D eigenvalue weighted by molar-refractivity contribution is -0.133. The maximum absolute atomic E-state index is 12.4. The molecular formula is C22H27F2N7O3. The van der Waals surface area contributed by atoms with Crippen molar-refractivity contribution in [2.24, 2.45) is 10.7 Å². The van der Waals surface area contributed by atoms with Crippen molar-refractivity contribution in [3.05, 3.63) is 53.5 Å². The highest BCUT2D eigenvalue weighted by Gasteiger charge is 2.15. The topological polar surface area (TPSA) is 127 Å². The van der Waals surface area contributed by atoms with E-state index in [0.717, 1.165) is 11.1 Å². The van der Waals surface area contributed by atoms with Gasteiger partial charge in [0, 0.05) is 43.8 Å². The van der Waals surface area contributed by atoms with Gasteiger partial charge in [0.2, 0.25) is 11.9 Å². The molecule has 0 spiro atoms. The number of rotatable bonds is 10. The van der Waals surface area contributed by atoms with Crippen LogP contribution in [-0.4, -0.2) is 66.4 Å². The summed E-state index contributed by atoms with van der Waals surface area (Å²) in [5.74, 6) is 0.816. The predicted molar refractivity (Wildman–Crippen MR) is 124 cm³/mol. The third-order valence-corrected chi connectivity index (χ3v) is 4.81. The van der Waals surface area contributed by atoms with E-state index in [-0.39, 0.29) is 24.1 Å². The first-order valence-corrected chi connectivity index (χ1v) is 10.6. The predicted octanol–water partition coefficient (Wildman–Crippen LogP) is 2.14. The molecule has 1 aromatic carbocycles. The molecule has 2 aromatic rings. The maximum Gasteiger partial charge on any atom is 0.387 e. The third kappa shape index (κ3) is 7.66. The summed E-state index contributed by atoms with van der Waals surface area (Å²) in [6.07, 6.45) is 4.37. The second-order valence-electron chi connectivity index (χ2n) is 7.31. The molecule has 1 saturated heterocycles. The molecule has 1 aliphatic rings. The van der Waals surface area contributed by atoms with Gasteiger partial charge in [0.25, 0.3) is 0 Å². The standard InChI is InChI=1S/C22H27F2N7O3/c1-15-11-28-22(29-17(10-25)13-26-14-19(32)31-5-7-33-8-6-31)30-20(15)27-12-16-3-2-4-18(9-16)34-21(23)24/h2-4,9-11,13,21H,5-8,12,14,25H2,1H3,(H2,27,28,29,30). The van der Waals surface area contributed by atoms with Crippen molar-refractivity contribution in [2.75, 3.05) is 43.5 Å². The Morgan fingerprint density at radius 2 is 2.18 bits per heavy atom. The molecule has 1 aliphatic heterocycles. The van der Waals surface area contributed by atoms with Crippen LogP contribution in [0.15, 0.2) is 47.4 Å². The van der Waals surface area contributed by atoms with Gasteiger partial charge in [0.1, 0.15) is 18.1 Å². The van der Waals surface area contributed by atoms with Crippen LogP contribution in [0.3, 0.4) is 0 Å². The molecule has 4 N–H and O–H groups in total. The number of hydrogen-bond donors (Lipinski definition) is 3. The average molecular weight is 476 g/mol. The van der Waals surface area contributed by atoms with Crippen LogP contribution >= 0.6 is 0 Å². The summed E-state index contributed by atoms with van der Waals surface area (Å²) in [4.78, 5) is 26.7. The van der Waals surface area contributed by atoms with Crippen LogP contribution in [0.2, 0.25) is 0 Å². The van der Waals surface area contributed by atoms with Gasteiger partial charge in [0.05, 0.1) is 18.9 Å². The van der Waals surface area contributed by atoms with E-state index in [1.807, 2.05) is 6.92 Å². The summed E-state index contributed by atoms with van der Waals surface area (Å²) in [5.41, 5.74) is 7.61. The Kier molecular flexibility index (Phi) is 9.09. The van der Waals surface area contributed by atoms with Crippen molar-refractivity contribution in [3.63, 3.8) is 0 Å². The lowest BCUT2D eigenvalue weighted by Gasteiger charge is -2.26. The number of halogens is 2. The van der Waals surface area contributed by atoms with E-state index in [1.54, 1.807) is 23.2 Å². The van der Waals surface area contributed by atoms with E-state index in [2.05, 4.69) is 30.3 Å². The molecule has 1 amide bonds. The van der Waals surface area contributed by atoms with Crippen LogP contribution in [0.4, 0.5) is 20.5 Å². The smallest absolute Gasteiger partial charge is 0.387 e. The summed E-state index contributed by atoms with van der Waals surface area (Å²) >= 11 is 0. The number of carbonyl (C=O) groups is 1. The summed E-state index contributed by atoms with van der Waals surface area (Å²) < 4.78 is 34.5. The van der Waals surface area contributed by atoms with Gasteiger partial charge in [-0.3, -0.25) is 9.79 Å². The largest absolute Gasteiger partial charge is 0.435 e. The Labute approximate surface area is 195 Å². The summed E-state index contributed by atoms with van der Waals surface area (Å²) in [6.45, 7) is 1.46. The van der Waals surface area contributed by atoms with Crippen LogP contribution in [0.25, 0.3) is 0 Å². The SMILES string of the molecule is Cc1cnc(NC(C=NCC(=O)N2CCOCC2)=CN)nc1NCc1cccc(OC(F)F)c1. The highest BCUT2D eigenvalue weighted by molar-refractivity contribution is 5.85. The molecule has 0 aliphatic carbocycles. The van der Waals surface area contributed by atoms with Crippen LogP contribution in [0.1, 0.15) is 11.1 Å². The van der Waals surface area contributed by atoms with Gasteiger partial charge in [-0.25, -0.2) is 4.98 Å². The fourth-order valence-electron chi connectivity index (χ4n) is 3.08. The zero-order valence-corrected chi connectivity index (χ0v) is 18.7. The number of anilines is 2. The molecule has 1 fully saturated rings. The monoisotopic (exact) mass is 475 g/mol. The number of morpholine rings is 1. The Bertz CT molecular complexity index is 1030. The van der Waals surface area contributed by atoms with Gasteiger partial charge in [-0.05, 0) is 24.6 Å². The number of nitrogens with zero attached hydrogens (tertiary/aromatic N) is 4. The fraction of sp³-hybridized carbons (Fsp3) is 0.364. The van der Waals surface area contributed by atoms with Crippen LogP contribution in [-0.2, 0) is 16.1 Å². The number of amides is 1. The number of allylic oxidation sites excluding steroid dienone is 1. The molecule has 0 saturated carbocycles. The van der Waals surface area contributed by atoms with Crippen molar-refractivity contribution in [1.82, 2.24) is 14.9 Å². The number of hydrogen-bond acceptors (Lipinski definition) is 9. The van der Waals surface area contributed by atoms with E-state index >= 15 is 0 Å². The van der Waals surface area contributed by atoms with E-state index in [9.17, 15) is 13.6 Å². The average Bonchev–Trinajstić information content (AvgIpc) is 2.84. The normalized spacial score (nSPS) is 14.5. The molecule has 1 aromatic heterocycles. The zero-order valence-electron chi connectivity index (χ0n) is 18.7. The van der Waals surface area contributed by atoms with E-state index in [1.165, 1.54) is 24.5 Å². The quantitative estimate of drug-likeness (QED) is 0.446. The lowest BCUT2D eigenvalue weighted by Crippen LogP contribution is -2.41. The first-order chi connectivity index (χ1) is 16.4.